The second-order valence-electron chi connectivity index (χ2n) is 9.19. The third kappa shape index (κ3) is 4.48. The molecule has 0 fully saturated rings. The molecule has 6 rings (SSSR count). The standard InChI is InChI=1S/C29H24N6O2S/c1-34-13-8-21-5-6-22(14-27(21)34)25-15-24(16-26-29(25)33-12-11-31-26)35(19-20-4-3-9-30-18-20)23-7-10-32-28(17-23)38(2,36)37/h3-18H,19H2,1-2H3. The summed E-state index contributed by atoms with van der Waals surface area (Å²) in [5, 5.41) is 1.17. The molecule has 0 amide bonds. The molecule has 38 heavy (non-hydrogen) atoms. The molecule has 0 spiro atoms. The monoisotopic (exact) mass is 520 g/mol. The van der Waals surface area contributed by atoms with E-state index in [1.54, 1.807) is 30.9 Å². The zero-order valence-electron chi connectivity index (χ0n) is 20.9. The Labute approximate surface area is 220 Å². The highest BCUT2D eigenvalue weighted by Gasteiger charge is 2.18. The first-order chi connectivity index (χ1) is 18.4. The molecule has 8 nitrogen and oxygen atoms in total. The van der Waals surface area contributed by atoms with Crippen molar-refractivity contribution in [2.24, 2.45) is 7.05 Å². The summed E-state index contributed by atoms with van der Waals surface area (Å²) in [6.45, 7) is 0.461. The average molecular weight is 521 g/mol. The van der Waals surface area contributed by atoms with E-state index < -0.39 is 9.84 Å². The first kappa shape index (κ1) is 23.7. The van der Waals surface area contributed by atoms with E-state index in [1.807, 2.05) is 42.4 Å². The van der Waals surface area contributed by atoms with Crippen molar-refractivity contribution in [3.8, 4) is 11.1 Å². The van der Waals surface area contributed by atoms with Crippen LogP contribution in [0.4, 0.5) is 11.4 Å². The highest BCUT2D eigenvalue weighted by atomic mass is 32.2. The molecule has 0 bridgehead atoms. The van der Waals surface area contributed by atoms with Crippen LogP contribution in [0.1, 0.15) is 5.56 Å². The lowest BCUT2D eigenvalue weighted by Gasteiger charge is -2.26. The van der Waals surface area contributed by atoms with Crippen molar-refractivity contribution >= 4 is 43.1 Å². The first-order valence-electron chi connectivity index (χ1n) is 12.0. The highest BCUT2D eigenvalue weighted by molar-refractivity contribution is 7.90. The van der Waals surface area contributed by atoms with Gasteiger partial charge in [-0.15, -0.1) is 0 Å². The molecular weight excluding hydrogens is 496 g/mol. The number of hydrogen-bond donors (Lipinski definition) is 0. The fourth-order valence-corrected chi connectivity index (χ4v) is 5.23. The van der Waals surface area contributed by atoms with Gasteiger partial charge in [0.25, 0.3) is 0 Å². The molecule has 0 aliphatic carbocycles. The Morgan fingerprint density at radius 2 is 1.74 bits per heavy atom. The van der Waals surface area contributed by atoms with Crippen LogP contribution in [0.2, 0.25) is 0 Å². The van der Waals surface area contributed by atoms with Gasteiger partial charge in [-0.3, -0.25) is 15.0 Å². The first-order valence-corrected chi connectivity index (χ1v) is 13.9. The molecule has 6 aromatic rings. The van der Waals surface area contributed by atoms with Gasteiger partial charge >= 0.3 is 0 Å². The van der Waals surface area contributed by atoms with Gasteiger partial charge in [0.05, 0.1) is 11.0 Å². The number of nitrogens with zero attached hydrogens (tertiary/aromatic N) is 6. The molecule has 188 valence electrons. The minimum atomic E-state index is -3.49. The molecule has 9 heteroatoms. The second kappa shape index (κ2) is 9.35. The Kier molecular flexibility index (Phi) is 5.84. The number of anilines is 2. The lowest BCUT2D eigenvalue weighted by atomic mass is 10.0. The SMILES string of the molecule is Cn1ccc2ccc(-c3cc(N(Cc4cccnc4)c4ccnc(S(C)(=O)=O)c4)cc4nccnc34)cc21. The molecule has 0 saturated carbocycles. The van der Waals surface area contributed by atoms with Gasteiger partial charge in [0.2, 0.25) is 0 Å². The van der Waals surface area contributed by atoms with Gasteiger partial charge in [0.1, 0.15) is 0 Å². The number of sulfone groups is 1. The number of aromatic nitrogens is 5. The van der Waals surface area contributed by atoms with E-state index in [-0.39, 0.29) is 5.03 Å². The molecule has 0 radical (unpaired) electrons. The lowest BCUT2D eigenvalue weighted by molar-refractivity contribution is 0.598. The van der Waals surface area contributed by atoms with Crippen LogP contribution in [0.3, 0.4) is 0 Å². The maximum Gasteiger partial charge on any atom is 0.192 e. The molecule has 0 saturated heterocycles. The normalized spacial score (nSPS) is 11.7. The Bertz CT molecular complexity index is 1900. The molecule has 0 N–H and O–H groups in total. The summed E-state index contributed by atoms with van der Waals surface area (Å²) in [6, 6.07) is 19.8. The maximum absolute atomic E-state index is 12.3. The van der Waals surface area contributed by atoms with E-state index in [4.69, 9.17) is 0 Å². The maximum atomic E-state index is 12.3. The summed E-state index contributed by atoms with van der Waals surface area (Å²) in [7, 11) is -1.47. The van der Waals surface area contributed by atoms with Crippen LogP contribution in [-0.4, -0.2) is 39.2 Å². The van der Waals surface area contributed by atoms with Crippen molar-refractivity contribution in [2.45, 2.75) is 11.6 Å². The highest BCUT2D eigenvalue weighted by Crippen LogP contribution is 2.37. The number of hydrogen-bond acceptors (Lipinski definition) is 7. The van der Waals surface area contributed by atoms with E-state index in [0.717, 1.165) is 50.6 Å². The summed E-state index contributed by atoms with van der Waals surface area (Å²) in [6.07, 6.45) is 11.6. The van der Waals surface area contributed by atoms with E-state index in [0.29, 0.717) is 12.2 Å². The van der Waals surface area contributed by atoms with Gasteiger partial charge in [0, 0.05) is 79.5 Å². The summed E-state index contributed by atoms with van der Waals surface area (Å²) < 4.78 is 26.7. The lowest BCUT2D eigenvalue weighted by Crippen LogP contribution is -2.17. The topological polar surface area (TPSA) is 93.9 Å². The van der Waals surface area contributed by atoms with Crippen LogP contribution in [-0.2, 0) is 23.4 Å². The van der Waals surface area contributed by atoms with Crippen LogP contribution in [0.25, 0.3) is 33.1 Å². The predicted octanol–water partition coefficient (Wildman–Crippen LogP) is 5.32. The second-order valence-corrected chi connectivity index (χ2v) is 11.2. The van der Waals surface area contributed by atoms with Crippen molar-refractivity contribution in [3.63, 3.8) is 0 Å². The van der Waals surface area contributed by atoms with Crippen molar-refractivity contribution in [3.05, 3.63) is 103 Å². The summed E-state index contributed by atoms with van der Waals surface area (Å²) in [5.74, 6) is 0. The number of pyridine rings is 2. The summed E-state index contributed by atoms with van der Waals surface area (Å²) >= 11 is 0. The van der Waals surface area contributed by atoms with Crippen LogP contribution in [0.5, 0.6) is 0 Å². The molecule has 2 aromatic carbocycles. The Morgan fingerprint density at radius 3 is 2.55 bits per heavy atom. The van der Waals surface area contributed by atoms with Gasteiger partial charge in [-0.2, -0.15) is 0 Å². The average Bonchev–Trinajstić information content (AvgIpc) is 3.31. The molecular formula is C29H24N6O2S. The number of benzene rings is 2. The Morgan fingerprint density at radius 1 is 0.868 bits per heavy atom. The fourth-order valence-electron chi connectivity index (χ4n) is 4.64. The predicted molar refractivity (Wildman–Crippen MR) is 149 cm³/mol. The minimum Gasteiger partial charge on any atom is -0.351 e. The molecule has 0 unspecified atom stereocenters. The van der Waals surface area contributed by atoms with E-state index >= 15 is 0 Å². The summed E-state index contributed by atoms with van der Waals surface area (Å²) in [5.41, 5.74) is 7.09. The van der Waals surface area contributed by atoms with Gasteiger partial charge in [-0.25, -0.2) is 13.4 Å². The molecule has 4 heterocycles. The van der Waals surface area contributed by atoms with Gasteiger partial charge in [-0.1, -0.05) is 18.2 Å². The van der Waals surface area contributed by atoms with Crippen molar-refractivity contribution in [2.75, 3.05) is 11.2 Å². The fraction of sp³-hybridized carbons (Fsp3) is 0.103. The molecule has 0 aliphatic heterocycles. The van der Waals surface area contributed by atoms with Crippen molar-refractivity contribution in [1.82, 2.24) is 24.5 Å². The number of rotatable bonds is 6. The van der Waals surface area contributed by atoms with Crippen LogP contribution in [0, 0.1) is 0 Å². The Balaban J connectivity index is 1.58. The minimum absolute atomic E-state index is 0.0150. The molecule has 0 aliphatic rings. The summed E-state index contributed by atoms with van der Waals surface area (Å²) in [4.78, 5) is 19.7. The molecule has 0 atom stereocenters. The van der Waals surface area contributed by atoms with Gasteiger partial charge in [-0.05, 0) is 59.0 Å². The van der Waals surface area contributed by atoms with Crippen molar-refractivity contribution in [1.29, 1.82) is 0 Å². The van der Waals surface area contributed by atoms with Crippen LogP contribution >= 0.6 is 0 Å². The van der Waals surface area contributed by atoms with Gasteiger partial charge in [0.15, 0.2) is 14.9 Å². The van der Waals surface area contributed by atoms with E-state index in [9.17, 15) is 8.42 Å². The van der Waals surface area contributed by atoms with E-state index in [2.05, 4.69) is 54.8 Å². The van der Waals surface area contributed by atoms with Crippen LogP contribution < -0.4 is 4.90 Å². The number of fused-ring (bicyclic) bond motifs is 2. The smallest absolute Gasteiger partial charge is 0.192 e. The number of aryl methyl sites for hydroxylation is 1. The quantitative estimate of drug-likeness (QED) is 0.293. The molecule has 4 aromatic heterocycles. The zero-order chi connectivity index (χ0) is 26.3. The third-order valence-electron chi connectivity index (χ3n) is 6.54. The van der Waals surface area contributed by atoms with Crippen molar-refractivity contribution < 1.29 is 8.42 Å². The largest absolute Gasteiger partial charge is 0.351 e. The zero-order valence-corrected chi connectivity index (χ0v) is 21.7. The third-order valence-corrected chi connectivity index (χ3v) is 7.53. The van der Waals surface area contributed by atoms with E-state index in [1.165, 1.54) is 6.20 Å². The Hall–Kier alpha value is -4.63. The van der Waals surface area contributed by atoms with Crippen LogP contribution in [0.15, 0.2) is 103 Å². The van der Waals surface area contributed by atoms with Gasteiger partial charge < -0.3 is 9.47 Å².